The largest absolute Gasteiger partial charge is 0.350 e. The molecule has 26 heavy (non-hydrogen) atoms. The van der Waals surface area contributed by atoms with E-state index in [0.29, 0.717) is 10.4 Å². The third kappa shape index (κ3) is 4.03. The van der Waals surface area contributed by atoms with Crippen molar-refractivity contribution in [3.05, 3.63) is 88.1 Å². The predicted octanol–water partition coefficient (Wildman–Crippen LogP) is 4.00. The van der Waals surface area contributed by atoms with E-state index in [1.807, 2.05) is 30.5 Å². The Balaban J connectivity index is 1.85. The lowest BCUT2D eigenvalue weighted by Crippen LogP contribution is -2.31. The van der Waals surface area contributed by atoms with Crippen LogP contribution in [0.5, 0.6) is 0 Å². The Morgan fingerprint density at radius 2 is 1.81 bits per heavy atom. The minimum atomic E-state index is -3.61. The fraction of sp³-hybridized carbons (Fsp3) is 0.150. The Kier molecular flexibility index (Phi) is 5.54. The Morgan fingerprint density at radius 3 is 2.46 bits per heavy atom. The molecule has 0 fully saturated rings. The molecule has 0 bridgehead atoms. The van der Waals surface area contributed by atoms with Gasteiger partial charge in [-0.25, -0.2) is 8.42 Å². The van der Waals surface area contributed by atoms with Crippen molar-refractivity contribution in [2.24, 2.45) is 0 Å². The van der Waals surface area contributed by atoms with Crippen molar-refractivity contribution in [2.75, 3.05) is 6.54 Å². The second-order valence-corrected chi connectivity index (χ2v) is 9.05. The molecular weight excluding hydrogens is 366 g/mol. The molecule has 0 saturated carbocycles. The van der Waals surface area contributed by atoms with Crippen LogP contribution in [0.4, 0.5) is 0 Å². The number of rotatable bonds is 6. The van der Waals surface area contributed by atoms with E-state index in [1.165, 1.54) is 11.3 Å². The number of carbonyl (C=O) groups is 1. The van der Waals surface area contributed by atoms with Gasteiger partial charge in [0.1, 0.15) is 5.25 Å². The van der Waals surface area contributed by atoms with Crippen LogP contribution >= 0.6 is 11.3 Å². The Labute approximate surface area is 157 Å². The van der Waals surface area contributed by atoms with E-state index in [0.717, 1.165) is 5.56 Å². The molecule has 2 aromatic carbocycles. The summed E-state index contributed by atoms with van der Waals surface area (Å²) in [7, 11) is -3.61. The Morgan fingerprint density at radius 1 is 1.04 bits per heavy atom. The van der Waals surface area contributed by atoms with Crippen molar-refractivity contribution in [3.63, 3.8) is 0 Å². The highest BCUT2D eigenvalue weighted by molar-refractivity contribution is 7.91. The highest BCUT2D eigenvalue weighted by Gasteiger charge is 2.30. The first-order valence-electron chi connectivity index (χ1n) is 8.15. The normalized spacial score (nSPS) is 12.5. The Hall–Kier alpha value is -2.44. The van der Waals surface area contributed by atoms with Crippen molar-refractivity contribution in [2.45, 2.75) is 17.1 Å². The summed E-state index contributed by atoms with van der Waals surface area (Å²) in [6.45, 7) is 1.93. The Bertz CT molecular complexity index is 981. The van der Waals surface area contributed by atoms with E-state index in [9.17, 15) is 13.2 Å². The number of aryl methyl sites for hydroxylation is 1. The topological polar surface area (TPSA) is 63.2 Å². The number of benzene rings is 2. The molecule has 4 nitrogen and oxygen atoms in total. The van der Waals surface area contributed by atoms with Gasteiger partial charge in [0.05, 0.1) is 4.90 Å². The summed E-state index contributed by atoms with van der Waals surface area (Å²) in [5.41, 5.74) is 1.50. The van der Waals surface area contributed by atoms with E-state index < -0.39 is 15.1 Å². The maximum absolute atomic E-state index is 13.1. The van der Waals surface area contributed by atoms with Gasteiger partial charge in [-0.3, -0.25) is 4.79 Å². The maximum atomic E-state index is 13.1. The third-order valence-electron chi connectivity index (χ3n) is 4.04. The van der Waals surface area contributed by atoms with Crippen molar-refractivity contribution in [3.8, 4) is 0 Å². The summed E-state index contributed by atoms with van der Waals surface area (Å²) in [4.78, 5) is 13.4. The average Bonchev–Trinajstić information content (AvgIpc) is 3.16. The molecule has 0 aliphatic heterocycles. The van der Waals surface area contributed by atoms with Crippen LogP contribution < -0.4 is 5.32 Å². The van der Waals surface area contributed by atoms with Gasteiger partial charge in [-0.15, -0.1) is 11.3 Å². The molecular formula is C20H19NO3S2. The van der Waals surface area contributed by atoms with Crippen LogP contribution in [0.25, 0.3) is 0 Å². The van der Waals surface area contributed by atoms with Crippen LogP contribution in [0.1, 0.15) is 26.0 Å². The summed E-state index contributed by atoms with van der Waals surface area (Å²) in [6.07, 6.45) is 0. The number of carbonyl (C=O) groups excluding carboxylic acids is 1. The average molecular weight is 386 g/mol. The lowest BCUT2D eigenvalue weighted by atomic mass is 10.1. The molecule has 1 N–H and O–H groups in total. The van der Waals surface area contributed by atoms with Crippen molar-refractivity contribution < 1.29 is 13.2 Å². The van der Waals surface area contributed by atoms with Gasteiger partial charge in [0.15, 0.2) is 9.84 Å². The van der Waals surface area contributed by atoms with E-state index >= 15 is 0 Å². The van der Waals surface area contributed by atoms with E-state index in [2.05, 4.69) is 5.32 Å². The molecule has 0 unspecified atom stereocenters. The second-order valence-electron chi connectivity index (χ2n) is 5.94. The molecule has 3 aromatic rings. The van der Waals surface area contributed by atoms with Gasteiger partial charge in [0.2, 0.25) is 0 Å². The number of sulfone groups is 1. The molecule has 6 heteroatoms. The highest BCUT2D eigenvalue weighted by Crippen LogP contribution is 2.31. The zero-order valence-electron chi connectivity index (χ0n) is 14.3. The summed E-state index contributed by atoms with van der Waals surface area (Å²) < 4.78 is 26.2. The summed E-state index contributed by atoms with van der Waals surface area (Å²) in [5, 5.41) is 3.80. The van der Waals surface area contributed by atoms with Crippen LogP contribution in [0, 0.1) is 6.92 Å². The van der Waals surface area contributed by atoms with Gasteiger partial charge in [0, 0.05) is 17.0 Å². The van der Waals surface area contributed by atoms with Crippen molar-refractivity contribution in [1.29, 1.82) is 0 Å². The number of thiophene rings is 1. The smallest absolute Gasteiger partial charge is 0.251 e. The predicted molar refractivity (Wildman–Crippen MR) is 104 cm³/mol. The number of hydrogen-bond acceptors (Lipinski definition) is 4. The molecule has 1 aromatic heterocycles. The summed E-state index contributed by atoms with van der Waals surface area (Å²) >= 11 is 1.37. The standard InChI is InChI=1S/C20H19NO3S2/c1-15-7-5-8-16(13-15)20(22)21-14-19(18-11-6-12-25-18)26(23,24)17-9-3-2-4-10-17/h2-13,19H,14H2,1H3,(H,21,22)/t19-/m0/s1. The number of amides is 1. The lowest BCUT2D eigenvalue weighted by Gasteiger charge is -2.17. The van der Waals surface area contributed by atoms with Crippen molar-refractivity contribution >= 4 is 27.1 Å². The third-order valence-corrected chi connectivity index (χ3v) is 7.27. The van der Waals surface area contributed by atoms with Gasteiger partial charge in [0.25, 0.3) is 5.91 Å². The molecule has 3 rings (SSSR count). The molecule has 1 atom stereocenters. The van der Waals surface area contributed by atoms with Crippen LogP contribution in [-0.4, -0.2) is 20.9 Å². The minimum absolute atomic E-state index is 0.0184. The highest BCUT2D eigenvalue weighted by atomic mass is 32.2. The number of hydrogen-bond donors (Lipinski definition) is 1. The summed E-state index contributed by atoms with van der Waals surface area (Å²) in [6, 6.07) is 19.1. The molecule has 1 amide bonds. The molecule has 0 spiro atoms. The summed E-state index contributed by atoms with van der Waals surface area (Å²) in [5.74, 6) is -0.279. The monoisotopic (exact) mass is 385 g/mol. The van der Waals surface area contributed by atoms with Gasteiger partial charge in [-0.1, -0.05) is 42.0 Å². The zero-order valence-corrected chi connectivity index (χ0v) is 15.9. The van der Waals surface area contributed by atoms with Crippen LogP contribution in [-0.2, 0) is 9.84 Å². The minimum Gasteiger partial charge on any atom is -0.350 e. The molecule has 0 saturated heterocycles. The van der Waals surface area contributed by atoms with E-state index in [1.54, 1.807) is 48.5 Å². The molecule has 0 radical (unpaired) electrons. The van der Waals surface area contributed by atoms with Crippen LogP contribution in [0.3, 0.4) is 0 Å². The first-order chi connectivity index (χ1) is 12.5. The lowest BCUT2D eigenvalue weighted by molar-refractivity contribution is 0.0953. The van der Waals surface area contributed by atoms with Gasteiger partial charge < -0.3 is 5.32 Å². The van der Waals surface area contributed by atoms with Crippen molar-refractivity contribution in [1.82, 2.24) is 5.32 Å². The first-order valence-corrected chi connectivity index (χ1v) is 10.6. The van der Waals surface area contributed by atoms with Gasteiger partial charge >= 0.3 is 0 Å². The first kappa shape index (κ1) is 18.4. The SMILES string of the molecule is Cc1cccc(C(=O)NC[C@@H](c2cccs2)S(=O)(=O)c2ccccc2)c1. The molecule has 0 aliphatic rings. The van der Waals surface area contributed by atoms with Gasteiger partial charge in [-0.2, -0.15) is 0 Å². The quantitative estimate of drug-likeness (QED) is 0.697. The van der Waals surface area contributed by atoms with E-state index in [4.69, 9.17) is 0 Å². The fourth-order valence-corrected chi connectivity index (χ4v) is 5.49. The van der Waals surface area contributed by atoms with E-state index in [-0.39, 0.29) is 17.3 Å². The van der Waals surface area contributed by atoms with Gasteiger partial charge in [-0.05, 0) is 42.6 Å². The second kappa shape index (κ2) is 7.85. The molecule has 134 valence electrons. The van der Waals surface area contributed by atoms with Crippen LogP contribution in [0.2, 0.25) is 0 Å². The fourth-order valence-electron chi connectivity index (χ4n) is 2.69. The van der Waals surface area contributed by atoms with Crippen LogP contribution in [0.15, 0.2) is 77.0 Å². The number of nitrogens with one attached hydrogen (secondary N) is 1. The molecule has 1 heterocycles. The maximum Gasteiger partial charge on any atom is 0.251 e. The molecule has 0 aliphatic carbocycles. The zero-order chi connectivity index (χ0) is 18.6.